The van der Waals surface area contributed by atoms with E-state index in [0.29, 0.717) is 13.0 Å². The summed E-state index contributed by atoms with van der Waals surface area (Å²) >= 11 is 0. The Morgan fingerprint density at radius 2 is 1.85 bits per heavy atom. The fourth-order valence-electron chi connectivity index (χ4n) is 1.99. The summed E-state index contributed by atoms with van der Waals surface area (Å²) in [6.07, 6.45) is 5.82. The molecule has 20 heavy (non-hydrogen) atoms. The van der Waals surface area contributed by atoms with Crippen molar-refractivity contribution in [2.24, 2.45) is 0 Å². The smallest absolute Gasteiger partial charge is 0.302 e. The van der Waals surface area contributed by atoms with E-state index >= 15 is 0 Å². The average molecular weight is 297 g/mol. The van der Waals surface area contributed by atoms with Gasteiger partial charge in [-0.25, -0.2) is 4.57 Å². The Bertz CT molecular complexity index is 510. The van der Waals surface area contributed by atoms with Gasteiger partial charge < -0.3 is 9.79 Å². The molecule has 0 bridgehead atoms. The van der Waals surface area contributed by atoms with Gasteiger partial charge in [0.2, 0.25) is 0 Å². The molecule has 1 aromatic carbocycles. The van der Waals surface area contributed by atoms with Crippen LogP contribution in [-0.2, 0) is 28.5 Å². The number of phosphoric acid groups is 1. The molecule has 0 radical (unpaired) electrons. The van der Waals surface area contributed by atoms with Crippen LogP contribution in [0.2, 0.25) is 0 Å². The average Bonchev–Trinajstić information content (AvgIpc) is 2.37. The number of benzene rings is 1. The van der Waals surface area contributed by atoms with Gasteiger partial charge in [0.1, 0.15) is 0 Å². The van der Waals surface area contributed by atoms with Crippen LogP contribution in [0, 0.1) is 0 Å². The lowest BCUT2D eigenvalue weighted by atomic mass is 9.94. The first-order valence-electron chi connectivity index (χ1n) is 6.26. The van der Waals surface area contributed by atoms with Crippen molar-refractivity contribution in [1.29, 1.82) is 0 Å². The van der Waals surface area contributed by atoms with Gasteiger partial charge in [0, 0.05) is 6.54 Å². The molecule has 0 atom stereocenters. The highest BCUT2D eigenvalue weighted by molar-refractivity contribution is 7.46. The third-order valence-corrected chi connectivity index (χ3v) is 3.13. The summed E-state index contributed by atoms with van der Waals surface area (Å²) in [7, 11) is -4.47. The maximum Gasteiger partial charge on any atom is 0.486 e. The second-order valence-corrected chi connectivity index (χ2v) is 5.43. The molecule has 0 saturated heterocycles. The van der Waals surface area contributed by atoms with Gasteiger partial charge in [-0.3, -0.25) is 0 Å². The van der Waals surface area contributed by atoms with Crippen molar-refractivity contribution in [3.05, 3.63) is 60.2 Å². The molecule has 0 aliphatic heterocycles. The Balaban J connectivity index is 2.73. The van der Waals surface area contributed by atoms with Crippen molar-refractivity contribution >= 4 is 7.82 Å². The molecule has 0 spiro atoms. The Kier molecular flexibility index (Phi) is 6.85. The Morgan fingerprint density at radius 3 is 2.45 bits per heavy atom. The lowest BCUT2D eigenvalue weighted by molar-refractivity contribution is 0.126. The molecule has 3 N–H and O–H groups in total. The van der Waals surface area contributed by atoms with Gasteiger partial charge in [0.05, 0.1) is 0 Å². The highest BCUT2D eigenvalue weighted by atomic mass is 31.2. The molecule has 0 amide bonds. The summed E-state index contributed by atoms with van der Waals surface area (Å²) < 4.78 is 14.7. The van der Waals surface area contributed by atoms with Gasteiger partial charge in [-0.15, -0.1) is 13.2 Å². The first-order valence-corrected chi connectivity index (χ1v) is 7.79. The number of nitrogens with one attached hydrogen (secondary N) is 1. The third-order valence-electron chi connectivity index (χ3n) is 2.76. The molecule has 6 heteroatoms. The normalized spacial score (nSPS) is 11.3. The van der Waals surface area contributed by atoms with Crippen LogP contribution < -0.4 is 5.48 Å². The molecule has 1 aromatic rings. The zero-order chi connectivity index (χ0) is 15.0. The number of hydrogen-bond donors (Lipinski definition) is 3. The van der Waals surface area contributed by atoms with E-state index in [1.165, 1.54) is 11.1 Å². The summed E-state index contributed by atoms with van der Waals surface area (Å²) in [5.41, 5.74) is 5.76. The maximum atomic E-state index is 10.5. The minimum absolute atomic E-state index is 0.312. The van der Waals surface area contributed by atoms with Crippen LogP contribution in [0.1, 0.15) is 16.7 Å². The fraction of sp³-hybridized carbons (Fsp3) is 0.286. The summed E-state index contributed by atoms with van der Waals surface area (Å²) in [4.78, 5) is 17.1. The SMILES string of the molecule is C=CCc1cccc(CCNOP(=O)(O)O)c1CC=C. The molecule has 0 aliphatic rings. The predicted octanol–water partition coefficient (Wildman–Crippen LogP) is 2.30. The van der Waals surface area contributed by atoms with Gasteiger partial charge in [0.25, 0.3) is 0 Å². The molecule has 0 fully saturated rings. The fourth-order valence-corrected chi connectivity index (χ4v) is 2.25. The summed E-state index contributed by atoms with van der Waals surface area (Å²) in [6, 6.07) is 6.00. The van der Waals surface area contributed by atoms with Gasteiger partial charge in [0.15, 0.2) is 0 Å². The van der Waals surface area contributed by atoms with Crippen LogP contribution in [0.5, 0.6) is 0 Å². The van der Waals surface area contributed by atoms with Crippen LogP contribution in [0.4, 0.5) is 0 Å². The van der Waals surface area contributed by atoms with Crippen LogP contribution >= 0.6 is 7.82 Å². The molecule has 110 valence electrons. The molecule has 5 nitrogen and oxygen atoms in total. The molecular formula is C14H20NO4P. The van der Waals surface area contributed by atoms with Crippen molar-refractivity contribution in [2.45, 2.75) is 19.3 Å². The zero-order valence-electron chi connectivity index (χ0n) is 11.3. The molecule has 0 aliphatic carbocycles. The van der Waals surface area contributed by atoms with Crippen LogP contribution in [0.15, 0.2) is 43.5 Å². The molecule has 1 rings (SSSR count). The minimum atomic E-state index is -4.47. The van der Waals surface area contributed by atoms with Crippen molar-refractivity contribution in [1.82, 2.24) is 5.48 Å². The molecule has 0 aromatic heterocycles. The van der Waals surface area contributed by atoms with E-state index in [0.717, 1.165) is 18.4 Å². The van der Waals surface area contributed by atoms with E-state index in [9.17, 15) is 4.57 Å². The third kappa shape index (κ3) is 5.82. The number of rotatable bonds is 9. The van der Waals surface area contributed by atoms with Crippen LogP contribution in [0.3, 0.4) is 0 Å². The minimum Gasteiger partial charge on any atom is -0.302 e. The lowest BCUT2D eigenvalue weighted by Gasteiger charge is -2.13. The van der Waals surface area contributed by atoms with E-state index in [2.05, 4.69) is 23.3 Å². The van der Waals surface area contributed by atoms with E-state index in [4.69, 9.17) is 9.79 Å². The first-order chi connectivity index (χ1) is 9.48. The van der Waals surface area contributed by atoms with Crippen molar-refractivity contribution in [3.63, 3.8) is 0 Å². The van der Waals surface area contributed by atoms with E-state index in [1.807, 2.05) is 30.4 Å². The summed E-state index contributed by atoms with van der Waals surface area (Å²) in [5, 5.41) is 0. The highest BCUT2D eigenvalue weighted by Gasteiger charge is 2.13. The number of hydroxylamine groups is 1. The lowest BCUT2D eigenvalue weighted by Crippen LogP contribution is -2.17. The van der Waals surface area contributed by atoms with E-state index in [1.54, 1.807) is 0 Å². The highest BCUT2D eigenvalue weighted by Crippen LogP contribution is 2.33. The van der Waals surface area contributed by atoms with Gasteiger partial charge in [-0.1, -0.05) is 30.4 Å². The second-order valence-electron chi connectivity index (χ2n) is 4.27. The van der Waals surface area contributed by atoms with Gasteiger partial charge >= 0.3 is 7.82 Å². The zero-order valence-corrected chi connectivity index (χ0v) is 12.2. The van der Waals surface area contributed by atoms with Gasteiger partial charge in [-0.2, -0.15) is 10.1 Å². The Labute approximate surface area is 119 Å². The van der Waals surface area contributed by atoms with Crippen molar-refractivity contribution in [2.75, 3.05) is 6.54 Å². The largest absolute Gasteiger partial charge is 0.486 e. The Hall–Kier alpha value is -1.23. The quantitative estimate of drug-likeness (QED) is 0.282. The van der Waals surface area contributed by atoms with Crippen LogP contribution in [0.25, 0.3) is 0 Å². The second kappa shape index (κ2) is 8.15. The predicted molar refractivity (Wildman–Crippen MR) is 79.1 cm³/mol. The number of hydrogen-bond acceptors (Lipinski definition) is 3. The standard InChI is InChI=1S/C14H20NO4P/c1-3-6-12-8-5-9-13(14(12)7-4-2)10-11-15-19-20(16,17)18/h3-5,8-9,15H,1-2,6-7,10-11H2,(H2,16,17,18). The molecular weight excluding hydrogens is 277 g/mol. The topological polar surface area (TPSA) is 78.8 Å². The van der Waals surface area contributed by atoms with Crippen LogP contribution in [-0.4, -0.2) is 16.3 Å². The molecule has 0 unspecified atom stereocenters. The van der Waals surface area contributed by atoms with E-state index in [-0.39, 0.29) is 0 Å². The molecule has 0 saturated carbocycles. The number of allylic oxidation sites excluding steroid dienone is 2. The molecule has 0 heterocycles. The van der Waals surface area contributed by atoms with E-state index < -0.39 is 7.82 Å². The first kappa shape index (κ1) is 16.8. The van der Waals surface area contributed by atoms with Crippen molar-refractivity contribution in [3.8, 4) is 0 Å². The summed E-state index contributed by atoms with van der Waals surface area (Å²) in [6.45, 7) is 7.81. The Morgan fingerprint density at radius 1 is 1.20 bits per heavy atom. The van der Waals surface area contributed by atoms with Gasteiger partial charge in [-0.05, 0) is 36.0 Å². The monoisotopic (exact) mass is 297 g/mol. The maximum absolute atomic E-state index is 10.5. The van der Waals surface area contributed by atoms with Crippen molar-refractivity contribution < 1.29 is 19.0 Å². The summed E-state index contributed by atoms with van der Waals surface area (Å²) in [5.74, 6) is 0.